The van der Waals surface area contributed by atoms with Gasteiger partial charge in [0.05, 0.1) is 30.0 Å². The first-order valence-corrected chi connectivity index (χ1v) is 22.1. The minimum Gasteiger partial charge on any atom is -0.405 e. The van der Waals surface area contributed by atoms with E-state index in [1.165, 1.54) is 6.33 Å². The number of Topliss-reactive ketones (excluding diaryl/α,β-unsaturated/α-hetero) is 1. The monoisotopic (exact) mass is 797 g/mol. The van der Waals surface area contributed by atoms with E-state index in [0.29, 0.717) is 28.8 Å². The van der Waals surface area contributed by atoms with Gasteiger partial charge in [-0.05, 0) is 28.6 Å². The van der Waals surface area contributed by atoms with Crippen LogP contribution in [-0.4, -0.2) is 90.7 Å². The molecule has 1 unspecified atom stereocenters. The van der Waals surface area contributed by atoms with Gasteiger partial charge in [-0.2, -0.15) is 13.2 Å². The van der Waals surface area contributed by atoms with E-state index in [2.05, 4.69) is 96.1 Å². The van der Waals surface area contributed by atoms with E-state index in [1.54, 1.807) is 39.0 Å². The van der Waals surface area contributed by atoms with Gasteiger partial charge in [-0.25, -0.2) is 15.0 Å². The summed E-state index contributed by atoms with van der Waals surface area (Å²) in [6.07, 6.45) is -0.0381. The molecule has 1 aliphatic heterocycles. The molecule has 0 saturated carbocycles. The van der Waals surface area contributed by atoms with Gasteiger partial charge in [-0.3, -0.25) is 4.79 Å². The third-order valence-electron chi connectivity index (χ3n) is 8.99. The van der Waals surface area contributed by atoms with E-state index < -0.39 is 39.0 Å². The highest BCUT2D eigenvalue weighted by Crippen LogP contribution is 2.41. The molecule has 3 heterocycles. The van der Waals surface area contributed by atoms with Crippen LogP contribution in [0.1, 0.15) is 58.7 Å². The zero-order chi connectivity index (χ0) is 39.1. The third-order valence-corrected chi connectivity index (χ3v) is 16.0. The molecular weight excluding hydrogens is 752 g/mol. The summed E-state index contributed by atoms with van der Waals surface area (Å²) < 4.78 is 61.2. The SMILES string of the molecule is CSS[C@H](C)OC1C[C@H](n2cc(C#CCCC(=O)C(F)(F)F)c3c(N=CN(C)C)ncnc32)O[C@@H]1CO[Si](c1ccccc1)(c1ccccc1)C(C)(C)C. The van der Waals surface area contributed by atoms with Gasteiger partial charge in [0.25, 0.3) is 8.32 Å². The number of fused-ring (bicyclic) bond motifs is 1. The van der Waals surface area contributed by atoms with Crippen molar-refractivity contribution in [3.63, 3.8) is 0 Å². The van der Waals surface area contributed by atoms with Crippen molar-refractivity contribution in [3.05, 3.63) is 78.8 Å². The van der Waals surface area contributed by atoms with Crippen LogP contribution >= 0.6 is 21.6 Å². The second-order valence-electron chi connectivity index (χ2n) is 14.1. The summed E-state index contributed by atoms with van der Waals surface area (Å²) in [6, 6.07) is 20.8. The second-order valence-corrected chi connectivity index (χ2v) is 21.2. The van der Waals surface area contributed by atoms with Crippen LogP contribution in [0.3, 0.4) is 0 Å². The van der Waals surface area contributed by atoms with Crippen molar-refractivity contribution in [1.29, 1.82) is 0 Å². The zero-order valence-electron chi connectivity index (χ0n) is 31.5. The molecule has 0 aliphatic carbocycles. The Balaban J connectivity index is 1.54. The normalized spacial score (nSPS) is 18.5. The number of ketones is 1. The summed E-state index contributed by atoms with van der Waals surface area (Å²) in [6.45, 7) is 8.96. The summed E-state index contributed by atoms with van der Waals surface area (Å²) in [5.74, 6) is 4.23. The first kappa shape index (κ1) is 41.5. The fourth-order valence-corrected chi connectivity index (χ4v) is 12.6. The number of alkyl halides is 3. The number of hydrogen-bond acceptors (Lipinski definition) is 9. The van der Waals surface area contributed by atoms with Crippen molar-refractivity contribution in [1.82, 2.24) is 19.4 Å². The lowest BCUT2D eigenvalue weighted by molar-refractivity contribution is -0.170. The molecular formula is C39H46F3N5O4S2Si. The number of aromatic nitrogens is 3. The molecule has 0 bridgehead atoms. The van der Waals surface area contributed by atoms with Gasteiger partial charge < -0.3 is 23.4 Å². The van der Waals surface area contributed by atoms with E-state index in [-0.39, 0.29) is 29.6 Å². The van der Waals surface area contributed by atoms with Crippen LogP contribution in [-0.2, 0) is 18.7 Å². The van der Waals surface area contributed by atoms with Crippen molar-refractivity contribution >= 4 is 69.3 Å². The van der Waals surface area contributed by atoms with Crippen molar-refractivity contribution in [2.24, 2.45) is 4.99 Å². The lowest BCUT2D eigenvalue weighted by atomic mass is 10.2. The Morgan fingerprint density at radius 1 is 1.11 bits per heavy atom. The molecule has 1 saturated heterocycles. The van der Waals surface area contributed by atoms with Crippen LogP contribution in [0.15, 0.2) is 78.2 Å². The summed E-state index contributed by atoms with van der Waals surface area (Å²) in [5.41, 5.74) is 0.810. The van der Waals surface area contributed by atoms with Crippen LogP contribution < -0.4 is 10.4 Å². The molecule has 1 fully saturated rings. The summed E-state index contributed by atoms with van der Waals surface area (Å²) in [5, 5.41) is 2.58. The molecule has 2 aromatic heterocycles. The molecule has 1 aliphatic rings. The van der Waals surface area contributed by atoms with E-state index in [0.717, 1.165) is 10.4 Å². The van der Waals surface area contributed by atoms with Crippen LogP contribution in [0.5, 0.6) is 0 Å². The van der Waals surface area contributed by atoms with Gasteiger partial charge in [0.1, 0.15) is 29.7 Å². The van der Waals surface area contributed by atoms with Gasteiger partial charge in [0.2, 0.25) is 5.78 Å². The number of rotatable bonds is 14. The van der Waals surface area contributed by atoms with Gasteiger partial charge >= 0.3 is 6.18 Å². The fraction of sp³-hybridized carbons (Fsp3) is 0.436. The molecule has 15 heteroatoms. The quantitative estimate of drug-likeness (QED) is 0.0321. The van der Waals surface area contributed by atoms with Crippen molar-refractivity contribution in [2.75, 3.05) is 27.0 Å². The predicted octanol–water partition coefficient (Wildman–Crippen LogP) is 7.52. The Morgan fingerprint density at radius 2 is 1.76 bits per heavy atom. The number of halogens is 3. The number of carbonyl (C=O) groups excluding carboxylic acids is 1. The lowest BCUT2D eigenvalue weighted by Gasteiger charge is -2.43. The highest BCUT2D eigenvalue weighted by molar-refractivity contribution is 8.76. The van der Waals surface area contributed by atoms with Crippen LogP contribution in [0, 0.1) is 11.8 Å². The molecule has 0 amide bonds. The highest BCUT2D eigenvalue weighted by Gasteiger charge is 2.51. The molecule has 0 spiro atoms. The van der Waals surface area contributed by atoms with E-state index >= 15 is 0 Å². The molecule has 9 nitrogen and oxygen atoms in total. The van der Waals surface area contributed by atoms with E-state index in [9.17, 15) is 18.0 Å². The average molecular weight is 798 g/mol. The Labute approximate surface area is 324 Å². The minimum absolute atomic E-state index is 0.140. The molecule has 0 radical (unpaired) electrons. The van der Waals surface area contributed by atoms with Crippen LogP contribution in [0.2, 0.25) is 5.04 Å². The average Bonchev–Trinajstić information content (AvgIpc) is 3.70. The largest absolute Gasteiger partial charge is 0.450 e. The van der Waals surface area contributed by atoms with Crippen LogP contribution in [0.4, 0.5) is 19.0 Å². The van der Waals surface area contributed by atoms with E-state index in [4.69, 9.17) is 13.9 Å². The minimum atomic E-state index is -4.90. The topological polar surface area (TPSA) is 91.1 Å². The first-order chi connectivity index (χ1) is 25.7. The number of benzene rings is 2. The second kappa shape index (κ2) is 17.9. The lowest BCUT2D eigenvalue weighted by Crippen LogP contribution is -2.67. The van der Waals surface area contributed by atoms with E-state index in [1.807, 2.05) is 44.0 Å². The molecule has 288 valence electrons. The van der Waals surface area contributed by atoms with Gasteiger partial charge in [0, 0.05) is 39.6 Å². The van der Waals surface area contributed by atoms with Gasteiger partial charge in [-0.1, -0.05) is 115 Å². The maximum Gasteiger partial charge on any atom is 0.450 e. The molecule has 54 heavy (non-hydrogen) atoms. The van der Waals surface area contributed by atoms with Crippen molar-refractivity contribution in [3.8, 4) is 11.8 Å². The number of aliphatic imine (C=N–C) groups is 1. The fourth-order valence-electron chi connectivity index (χ4n) is 6.66. The number of hydrogen-bond donors (Lipinski definition) is 0. The maximum absolute atomic E-state index is 12.9. The van der Waals surface area contributed by atoms with Crippen LogP contribution in [0.25, 0.3) is 11.0 Å². The maximum atomic E-state index is 12.9. The number of nitrogens with zero attached hydrogens (tertiary/aromatic N) is 5. The summed E-state index contributed by atoms with van der Waals surface area (Å²) >= 11 is 0. The zero-order valence-corrected chi connectivity index (χ0v) is 34.1. The molecule has 4 atom stereocenters. The van der Waals surface area contributed by atoms with Gasteiger partial charge in [-0.15, -0.1) is 0 Å². The molecule has 0 N–H and O–H groups in total. The molecule has 2 aromatic carbocycles. The molecule has 4 aromatic rings. The van der Waals surface area contributed by atoms with Crippen molar-refractivity contribution < 1.29 is 31.9 Å². The first-order valence-electron chi connectivity index (χ1n) is 17.6. The Morgan fingerprint density at radius 3 is 2.33 bits per heavy atom. The highest BCUT2D eigenvalue weighted by atomic mass is 33.1. The Kier molecular flexibility index (Phi) is 13.7. The molecule has 5 rings (SSSR count). The number of carbonyl (C=O) groups is 1. The predicted molar refractivity (Wildman–Crippen MR) is 214 cm³/mol. The third kappa shape index (κ3) is 9.58. The summed E-state index contributed by atoms with van der Waals surface area (Å²) in [4.78, 5) is 26.8. The van der Waals surface area contributed by atoms with Gasteiger partial charge in [0.15, 0.2) is 5.82 Å². The summed E-state index contributed by atoms with van der Waals surface area (Å²) in [7, 11) is 3.97. The Bertz CT molecular complexity index is 1920. The van der Waals surface area contributed by atoms with Crippen molar-refractivity contribution in [2.45, 2.75) is 82.0 Å². The Hall–Kier alpha value is -3.65. The standard InChI is InChI=1S/C39H46F3N5O4S2Si/c1-27(53-52-7)50-31-22-34(51-32(31)24-49-54(38(2,3)4,29-17-10-8-11-18-29)30-19-12-9-13-20-30)47-23-28(16-14-15-21-33(48)39(40,41)42)35-36(45-26-46(5)6)43-25-44-37(35)47/h8-13,17-20,23,25-27,31-32,34H,15,21-22,24H2,1-7H3/t27-,31?,32-,34-/m1/s1. The smallest absolute Gasteiger partial charge is 0.405 e. The number of ether oxygens (including phenoxy) is 2.